The number of carbonyl (C=O) groups excluding carboxylic acids is 1. The first-order chi connectivity index (χ1) is 9.20. The van der Waals surface area contributed by atoms with E-state index in [0.29, 0.717) is 10.6 Å². The third-order valence-electron chi connectivity index (χ3n) is 2.44. The van der Waals surface area contributed by atoms with Crippen LogP contribution in [0.15, 0.2) is 52.1 Å². The van der Waals surface area contributed by atoms with Crippen LogP contribution < -0.4 is 0 Å². The van der Waals surface area contributed by atoms with Crippen molar-refractivity contribution < 1.29 is 9.53 Å². The number of thioether (sulfide) groups is 1. The van der Waals surface area contributed by atoms with Gasteiger partial charge in [-0.1, -0.05) is 30.3 Å². The summed E-state index contributed by atoms with van der Waals surface area (Å²) in [6, 6.07) is 11.8. The van der Waals surface area contributed by atoms with Crippen molar-refractivity contribution in [3.63, 3.8) is 0 Å². The number of hydrogen-bond acceptors (Lipinski definition) is 4. The third-order valence-corrected chi connectivity index (χ3v) is 3.95. The van der Waals surface area contributed by atoms with E-state index in [9.17, 15) is 4.79 Å². The Bertz CT molecular complexity index is 575. The van der Waals surface area contributed by atoms with Gasteiger partial charge in [-0.2, -0.15) is 0 Å². The topological polar surface area (TPSA) is 39.2 Å². The minimum atomic E-state index is -0.371. The van der Waals surface area contributed by atoms with Gasteiger partial charge in [-0.05, 0) is 27.6 Å². The number of ether oxygens (including phenoxy) is 1. The van der Waals surface area contributed by atoms with E-state index in [1.165, 1.54) is 24.4 Å². The van der Waals surface area contributed by atoms with Crippen molar-refractivity contribution >= 4 is 33.7 Å². The second-order valence-electron chi connectivity index (χ2n) is 3.77. The molecule has 19 heavy (non-hydrogen) atoms. The average molecular weight is 338 g/mol. The van der Waals surface area contributed by atoms with Crippen LogP contribution in [-0.2, 0) is 10.5 Å². The molecule has 0 N–H and O–H groups in total. The predicted octanol–water partition coefficient (Wildman–Crippen LogP) is 3.92. The van der Waals surface area contributed by atoms with E-state index in [2.05, 4.69) is 20.9 Å². The fourth-order valence-electron chi connectivity index (χ4n) is 1.52. The van der Waals surface area contributed by atoms with Crippen molar-refractivity contribution in [3.8, 4) is 0 Å². The number of carbonyl (C=O) groups is 1. The Kier molecular flexibility index (Phi) is 4.99. The van der Waals surface area contributed by atoms with Crippen LogP contribution >= 0.6 is 27.7 Å². The van der Waals surface area contributed by atoms with Crippen LogP contribution in [0.4, 0.5) is 0 Å². The number of aromatic nitrogens is 1. The van der Waals surface area contributed by atoms with Crippen LogP contribution in [0.3, 0.4) is 0 Å². The van der Waals surface area contributed by atoms with E-state index < -0.39 is 0 Å². The molecule has 0 atom stereocenters. The Hall–Kier alpha value is -1.33. The fourth-order valence-corrected chi connectivity index (χ4v) is 2.78. The van der Waals surface area contributed by atoms with Crippen LogP contribution in [0.5, 0.6) is 0 Å². The van der Waals surface area contributed by atoms with E-state index in [1.54, 1.807) is 12.3 Å². The second-order valence-corrected chi connectivity index (χ2v) is 5.65. The number of esters is 1. The third kappa shape index (κ3) is 3.81. The summed E-state index contributed by atoms with van der Waals surface area (Å²) in [5.41, 5.74) is 1.67. The molecule has 0 unspecified atom stereocenters. The number of rotatable bonds is 4. The van der Waals surface area contributed by atoms with E-state index in [1.807, 2.05) is 30.3 Å². The van der Waals surface area contributed by atoms with Crippen molar-refractivity contribution in [2.45, 2.75) is 10.8 Å². The zero-order valence-corrected chi connectivity index (χ0v) is 12.7. The highest BCUT2D eigenvalue weighted by Crippen LogP contribution is 2.26. The molecule has 2 aromatic rings. The van der Waals surface area contributed by atoms with Crippen LogP contribution in [-0.4, -0.2) is 18.1 Å². The number of pyridine rings is 1. The Morgan fingerprint density at radius 3 is 2.79 bits per heavy atom. The largest absolute Gasteiger partial charge is 0.465 e. The quantitative estimate of drug-likeness (QED) is 0.626. The molecule has 5 heteroatoms. The van der Waals surface area contributed by atoms with Crippen LogP contribution in [0, 0.1) is 0 Å². The van der Waals surface area contributed by atoms with Gasteiger partial charge >= 0.3 is 5.97 Å². The van der Waals surface area contributed by atoms with Crippen LogP contribution in [0.1, 0.15) is 15.9 Å². The molecule has 0 saturated heterocycles. The molecule has 1 aromatic heterocycles. The lowest BCUT2D eigenvalue weighted by molar-refractivity contribution is 0.0595. The molecular formula is C14H12BrNO2S. The zero-order valence-electron chi connectivity index (χ0n) is 10.3. The molecule has 0 fully saturated rings. The van der Waals surface area contributed by atoms with Gasteiger partial charge < -0.3 is 4.74 Å². The molecule has 0 aliphatic rings. The van der Waals surface area contributed by atoms with Gasteiger partial charge in [-0.3, -0.25) is 0 Å². The lowest BCUT2D eigenvalue weighted by Gasteiger charge is -2.07. The maximum Gasteiger partial charge on any atom is 0.340 e. The van der Waals surface area contributed by atoms with Crippen molar-refractivity contribution in [1.82, 2.24) is 4.98 Å². The van der Waals surface area contributed by atoms with Crippen LogP contribution in [0.2, 0.25) is 0 Å². The molecule has 0 aliphatic heterocycles. The van der Waals surface area contributed by atoms with Crippen LogP contribution in [0.25, 0.3) is 0 Å². The number of hydrogen-bond donors (Lipinski definition) is 0. The Morgan fingerprint density at radius 2 is 2.11 bits per heavy atom. The first-order valence-corrected chi connectivity index (χ1v) is 7.39. The lowest BCUT2D eigenvalue weighted by atomic mass is 10.2. The van der Waals surface area contributed by atoms with E-state index in [-0.39, 0.29) is 5.97 Å². The van der Waals surface area contributed by atoms with Gasteiger partial charge in [0.15, 0.2) is 0 Å². The van der Waals surface area contributed by atoms with Crippen molar-refractivity contribution in [3.05, 3.63) is 58.2 Å². The first-order valence-electron chi connectivity index (χ1n) is 5.61. The van der Waals surface area contributed by atoms with Gasteiger partial charge in [-0.25, -0.2) is 9.78 Å². The predicted molar refractivity (Wildman–Crippen MR) is 79.3 cm³/mol. The molecule has 0 saturated carbocycles. The smallest absolute Gasteiger partial charge is 0.340 e. The number of halogens is 1. The standard InChI is InChI=1S/C14H12BrNO2S/c1-18-14(17)12-7-11(15)8-16-13(12)19-9-10-5-3-2-4-6-10/h2-8H,9H2,1H3. The van der Waals surface area contributed by atoms with Gasteiger partial charge in [0.25, 0.3) is 0 Å². The van der Waals surface area contributed by atoms with Crippen molar-refractivity contribution in [2.24, 2.45) is 0 Å². The maximum atomic E-state index is 11.7. The highest BCUT2D eigenvalue weighted by Gasteiger charge is 2.14. The van der Waals surface area contributed by atoms with Crippen molar-refractivity contribution in [1.29, 1.82) is 0 Å². The lowest BCUT2D eigenvalue weighted by Crippen LogP contribution is -2.04. The van der Waals surface area contributed by atoms with Gasteiger partial charge in [0.05, 0.1) is 12.7 Å². The molecule has 1 heterocycles. The Morgan fingerprint density at radius 1 is 1.37 bits per heavy atom. The van der Waals surface area contributed by atoms with Crippen molar-refractivity contribution in [2.75, 3.05) is 7.11 Å². The Labute approximate surface area is 124 Å². The number of nitrogens with zero attached hydrogens (tertiary/aromatic N) is 1. The van der Waals surface area contributed by atoms with Gasteiger partial charge in [0.1, 0.15) is 5.03 Å². The van der Waals surface area contributed by atoms with Gasteiger partial charge in [-0.15, -0.1) is 11.8 Å². The highest BCUT2D eigenvalue weighted by molar-refractivity contribution is 9.10. The minimum Gasteiger partial charge on any atom is -0.465 e. The fraction of sp³-hybridized carbons (Fsp3) is 0.143. The molecule has 0 bridgehead atoms. The summed E-state index contributed by atoms with van der Waals surface area (Å²) in [5.74, 6) is 0.392. The normalized spacial score (nSPS) is 10.2. The highest BCUT2D eigenvalue weighted by atomic mass is 79.9. The summed E-state index contributed by atoms with van der Waals surface area (Å²) >= 11 is 4.83. The monoisotopic (exact) mass is 337 g/mol. The number of methoxy groups -OCH3 is 1. The van der Waals surface area contributed by atoms with E-state index in [4.69, 9.17) is 4.74 Å². The zero-order chi connectivity index (χ0) is 13.7. The minimum absolute atomic E-state index is 0.371. The summed E-state index contributed by atoms with van der Waals surface area (Å²) in [5, 5.41) is 0.680. The average Bonchev–Trinajstić information content (AvgIpc) is 2.46. The molecule has 98 valence electrons. The molecular weight excluding hydrogens is 326 g/mol. The summed E-state index contributed by atoms with van der Waals surface area (Å²) in [6.07, 6.45) is 1.68. The number of benzene rings is 1. The SMILES string of the molecule is COC(=O)c1cc(Br)cnc1SCc1ccccc1. The van der Waals surface area contributed by atoms with E-state index >= 15 is 0 Å². The summed E-state index contributed by atoms with van der Waals surface area (Å²) in [7, 11) is 1.37. The molecule has 1 aromatic carbocycles. The molecule has 0 amide bonds. The first kappa shape index (κ1) is 14.1. The van der Waals surface area contributed by atoms with Gasteiger partial charge in [0, 0.05) is 16.4 Å². The Balaban J connectivity index is 2.18. The summed E-state index contributed by atoms with van der Waals surface area (Å²) in [6.45, 7) is 0. The molecule has 0 aliphatic carbocycles. The van der Waals surface area contributed by atoms with E-state index in [0.717, 1.165) is 10.2 Å². The second kappa shape index (κ2) is 6.73. The summed E-state index contributed by atoms with van der Waals surface area (Å²) < 4.78 is 5.53. The molecule has 2 rings (SSSR count). The maximum absolute atomic E-state index is 11.7. The molecule has 3 nitrogen and oxygen atoms in total. The molecule has 0 radical (unpaired) electrons. The van der Waals surface area contributed by atoms with Gasteiger partial charge in [0.2, 0.25) is 0 Å². The molecule has 0 spiro atoms. The summed E-state index contributed by atoms with van der Waals surface area (Å²) in [4.78, 5) is 16.0.